The zero-order chi connectivity index (χ0) is 8.97. The molecule has 0 saturated heterocycles. The third kappa shape index (κ3) is 2.38. The Bertz CT molecular complexity index is 256. The molecule has 12 heavy (non-hydrogen) atoms. The Hall–Kier alpha value is -1.31. The third-order valence-corrected chi connectivity index (χ3v) is 1.66. The molecule has 0 aliphatic rings. The van der Waals surface area contributed by atoms with Gasteiger partial charge in [0.05, 0.1) is 6.04 Å². The molecule has 0 aliphatic carbocycles. The molecular formula is C10H12NO. The summed E-state index contributed by atoms with van der Waals surface area (Å²) in [6, 6.07) is 10.6. The van der Waals surface area contributed by atoms with Crippen molar-refractivity contribution in [3.05, 3.63) is 35.9 Å². The molecule has 1 aromatic rings. The van der Waals surface area contributed by atoms with Crippen molar-refractivity contribution in [1.82, 2.24) is 5.32 Å². The summed E-state index contributed by atoms with van der Waals surface area (Å²) in [7, 11) is 0. The first-order valence-corrected chi connectivity index (χ1v) is 3.93. The number of amides is 1. The Morgan fingerprint density at radius 2 is 2.08 bits per heavy atom. The molecule has 0 saturated carbocycles. The fourth-order valence-electron chi connectivity index (χ4n) is 1.08. The van der Waals surface area contributed by atoms with Crippen LogP contribution in [0.3, 0.4) is 0 Å². The highest BCUT2D eigenvalue weighted by Crippen LogP contribution is 2.09. The van der Waals surface area contributed by atoms with Gasteiger partial charge in [-0.05, 0) is 18.6 Å². The van der Waals surface area contributed by atoms with Gasteiger partial charge in [0.2, 0.25) is 5.91 Å². The van der Waals surface area contributed by atoms with Crippen molar-refractivity contribution in [3.8, 4) is 0 Å². The van der Waals surface area contributed by atoms with Crippen LogP contribution in [0.2, 0.25) is 0 Å². The lowest BCUT2D eigenvalue weighted by Crippen LogP contribution is -2.23. The van der Waals surface area contributed by atoms with E-state index in [1.807, 2.05) is 31.2 Å². The number of rotatable bonds is 2. The molecule has 0 heterocycles. The first-order chi connectivity index (χ1) is 5.70. The number of hydrogen-bond acceptors (Lipinski definition) is 1. The molecule has 1 N–H and O–H groups in total. The zero-order valence-corrected chi connectivity index (χ0v) is 7.29. The molecule has 0 unspecified atom stereocenters. The van der Waals surface area contributed by atoms with Crippen LogP contribution in [0.4, 0.5) is 0 Å². The van der Waals surface area contributed by atoms with Crippen LogP contribution in [0, 0.1) is 6.07 Å². The molecule has 1 radical (unpaired) electrons. The number of carbonyl (C=O) groups is 1. The minimum Gasteiger partial charge on any atom is -0.350 e. The molecule has 1 aromatic carbocycles. The van der Waals surface area contributed by atoms with E-state index >= 15 is 0 Å². The molecule has 0 fully saturated rings. The molecule has 63 valence electrons. The van der Waals surface area contributed by atoms with Gasteiger partial charge >= 0.3 is 0 Å². The molecule has 0 aromatic heterocycles. The van der Waals surface area contributed by atoms with E-state index in [0.29, 0.717) is 0 Å². The highest BCUT2D eigenvalue weighted by Gasteiger charge is 2.03. The smallest absolute Gasteiger partial charge is 0.217 e. The van der Waals surface area contributed by atoms with E-state index < -0.39 is 0 Å². The fourth-order valence-corrected chi connectivity index (χ4v) is 1.08. The second kappa shape index (κ2) is 3.90. The van der Waals surface area contributed by atoms with Crippen LogP contribution in [-0.2, 0) is 4.79 Å². The summed E-state index contributed by atoms with van der Waals surface area (Å²) < 4.78 is 0. The van der Waals surface area contributed by atoms with Crippen LogP contribution in [-0.4, -0.2) is 5.91 Å². The minimum absolute atomic E-state index is 0.00432. The SMILES string of the molecule is CC(=O)N[C@H](C)c1cc[c]cc1. The van der Waals surface area contributed by atoms with Crippen molar-refractivity contribution in [3.63, 3.8) is 0 Å². The molecule has 2 heteroatoms. The Labute approximate surface area is 72.6 Å². The lowest BCUT2D eigenvalue weighted by Gasteiger charge is -2.11. The van der Waals surface area contributed by atoms with Crippen molar-refractivity contribution in [1.29, 1.82) is 0 Å². The van der Waals surface area contributed by atoms with E-state index in [1.165, 1.54) is 6.92 Å². The van der Waals surface area contributed by atoms with Gasteiger partial charge in [0.1, 0.15) is 0 Å². The summed E-state index contributed by atoms with van der Waals surface area (Å²) in [4.78, 5) is 10.7. The quantitative estimate of drug-likeness (QED) is 0.704. The van der Waals surface area contributed by atoms with Gasteiger partial charge in [-0.15, -0.1) is 0 Å². The van der Waals surface area contributed by atoms with E-state index in [2.05, 4.69) is 11.4 Å². The molecule has 0 aliphatic heterocycles. The average molecular weight is 162 g/mol. The monoisotopic (exact) mass is 162 g/mol. The second-order valence-corrected chi connectivity index (χ2v) is 2.76. The van der Waals surface area contributed by atoms with E-state index in [1.54, 1.807) is 0 Å². The van der Waals surface area contributed by atoms with Crippen molar-refractivity contribution < 1.29 is 4.79 Å². The Morgan fingerprint density at radius 3 is 2.58 bits per heavy atom. The molecule has 0 spiro atoms. The maximum atomic E-state index is 10.7. The minimum atomic E-state index is -0.00432. The average Bonchev–Trinajstić information content (AvgIpc) is 2.05. The Morgan fingerprint density at radius 1 is 1.50 bits per heavy atom. The maximum Gasteiger partial charge on any atom is 0.217 e. The Kier molecular flexibility index (Phi) is 2.86. The van der Waals surface area contributed by atoms with Crippen LogP contribution in [0.1, 0.15) is 25.5 Å². The summed E-state index contributed by atoms with van der Waals surface area (Å²) in [5.74, 6) is -0.00432. The first kappa shape index (κ1) is 8.78. The van der Waals surface area contributed by atoms with E-state index in [-0.39, 0.29) is 11.9 Å². The molecule has 1 amide bonds. The Balaban J connectivity index is 2.65. The number of carbonyl (C=O) groups excluding carboxylic acids is 1. The summed E-state index contributed by atoms with van der Waals surface area (Å²) >= 11 is 0. The molecule has 1 atom stereocenters. The zero-order valence-electron chi connectivity index (χ0n) is 7.29. The van der Waals surface area contributed by atoms with Gasteiger partial charge in [0, 0.05) is 6.92 Å². The van der Waals surface area contributed by atoms with Gasteiger partial charge in [-0.25, -0.2) is 0 Å². The van der Waals surface area contributed by atoms with Crippen LogP contribution < -0.4 is 5.32 Å². The fraction of sp³-hybridized carbons (Fsp3) is 0.300. The molecular weight excluding hydrogens is 150 g/mol. The summed E-state index contributed by atoms with van der Waals surface area (Å²) in [5, 5.41) is 2.81. The topological polar surface area (TPSA) is 29.1 Å². The number of nitrogens with one attached hydrogen (secondary N) is 1. The largest absolute Gasteiger partial charge is 0.350 e. The van der Waals surface area contributed by atoms with Crippen molar-refractivity contribution in [2.75, 3.05) is 0 Å². The third-order valence-electron chi connectivity index (χ3n) is 1.66. The first-order valence-electron chi connectivity index (χ1n) is 3.93. The summed E-state index contributed by atoms with van der Waals surface area (Å²) in [6.07, 6.45) is 0. The van der Waals surface area contributed by atoms with Gasteiger partial charge < -0.3 is 5.32 Å². The van der Waals surface area contributed by atoms with Crippen LogP contribution in [0.25, 0.3) is 0 Å². The maximum absolute atomic E-state index is 10.7. The van der Waals surface area contributed by atoms with E-state index in [9.17, 15) is 4.79 Å². The van der Waals surface area contributed by atoms with E-state index in [4.69, 9.17) is 0 Å². The lowest BCUT2D eigenvalue weighted by atomic mass is 10.1. The summed E-state index contributed by atoms with van der Waals surface area (Å²) in [5.41, 5.74) is 1.10. The van der Waals surface area contributed by atoms with Gasteiger partial charge in [0.15, 0.2) is 0 Å². The van der Waals surface area contributed by atoms with Gasteiger partial charge in [-0.2, -0.15) is 0 Å². The number of hydrogen-bond donors (Lipinski definition) is 1. The highest BCUT2D eigenvalue weighted by molar-refractivity contribution is 5.73. The van der Waals surface area contributed by atoms with Gasteiger partial charge in [-0.3, -0.25) is 4.79 Å². The summed E-state index contributed by atoms with van der Waals surface area (Å²) in [6.45, 7) is 3.47. The highest BCUT2D eigenvalue weighted by atomic mass is 16.1. The molecule has 1 rings (SSSR count). The second-order valence-electron chi connectivity index (χ2n) is 2.76. The lowest BCUT2D eigenvalue weighted by molar-refractivity contribution is -0.119. The molecule has 0 bridgehead atoms. The van der Waals surface area contributed by atoms with Crippen LogP contribution in [0.5, 0.6) is 0 Å². The van der Waals surface area contributed by atoms with Crippen LogP contribution in [0.15, 0.2) is 24.3 Å². The van der Waals surface area contributed by atoms with Gasteiger partial charge in [0.25, 0.3) is 0 Å². The standard InChI is InChI=1S/C10H12NO/c1-8(11-9(2)12)10-6-4-3-5-7-10/h4-8H,1-2H3,(H,11,12)/t8-/m1/s1. The van der Waals surface area contributed by atoms with Crippen molar-refractivity contribution in [2.24, 2.45) is 0 Å². The van der Waals surface area contributed by atoms with Crippen molar-refractivity contribution in [2.45, 2.75) is 19.9 Å². The van der Waals surface area contributed by atoms with Gasteiger partial charge in [-0.1, -0.05) is 24.3 Å². The van der Waals surface area contributed by atoms with Crippen molar-refractivity contribution >= 4 is 5.91 Å². The van der Waals surface area contributed by atoms with Crippen LogP contribution >= 0.6 is 0 Å². The normalized spacial score (nSPS) is 12.2. The predicted octanol–water partition coefficient (Wildman–Crippen LogP) is 1.68. The molecule has 2 nitrogen and oxygen atoms in total. The predicted molar refractivity (Wildman–Crippen MR) is 47.5 cm³/mol. The van der Waals surface area contributed by atoms with E-state index in [0.717, 1.165) is 5.56 Å². The number of benzene rings is 1.